The van der Waals surface area contributed by atoms with E-state index in [0.29, 0.717) is 24.3 Å². The van der Waals surface area contributed by atoms with Crippen LogP contribution in [0.2, 0.25) is 0 Å². The molecule has 0 spiro atoms. The largest absolute Gasteiger partial charge is 0.293 e. The molecule has 0 heterocycles. The average molecular weight is 280 g/mol. The Morgan fingerprint density at radius 3 is 2.53 bits per heavy atom. The monoisotopic (exact) mass is 280 g/mol. The Kier molecular flexibility index (Phi) is 4.40. The maximum atomic E-state index is 12.3. The molecule has 2 rings (SSSR count). The van der Waals surface area contributed by atoms with Crippen LogP contribution in [0.5, 0.6) is 0 Å². The van der Waals surface area contributed by atoms with Gasteiger partial charge in [0, 0.05) is 5.56 Å². The zero-order valence-electron chi connectivity index (χ0n) is 11.2. The van der Waals surface area contributed by atoms with E-state index in [0.717, 1.165) is 12.8 Å². The van der Waals surface area contributed by atoms with Gasteiger partial charge in [0.2, 0.25) is 0 Å². The molecule has 2 unspecified atom stereocenters. The first-order valence-electron chi connectivity index (χ1n) is 6.79. The summed E-state index contributed by atoms with van der Waals surface area (Å²) in [6.45, 7) is 2.08. The van der Waals surface area contributed by atoms with Crippen molar-refractivity contribution in [2.75, 3.05) is 5.75 Å². The number of Topliss-reactive ketones (excluding diaryl/α,β-unsaturated/α-hetero) is 1. The van der Waals surface area contributed by atoms with Gasteiger partial charge in [0.1, 0.15) is 5.75 Å². The molecule has 1 aromatic rings. The summed E-state index contributed by atoms with van der Waals surface area (Å²) in [4.78, 5) is 12.0. The topological polar surface area (TPSA) is 51.2 Å². The van der Waals surface area contributed by atoms with Crippen LogP contribution in [0.4, 0.5) is 0 Å². The van der Waals surface area contributed by atoms with Gasteiger partial charge in [-0.1, -0.05) is 50.1 Å². The molecule has 0 amide bonds. The van der Waals surface area contributed by atoms with Gasteiger partial charge in [-0.3, -0.25) is 4.79 Å². The van der Waals surface area contributed by atoms with E-state index in [-0.39, 0.29) is 16.8 Å². The zero-order chi connectivity index (χ0) is 13.9. The van der Waals surface area contributed by atoms with Gasteiger partial charge in [-0.05, 0) is 18.8 Å². The summed E-state index contributed by atoms with van der Waals surface area (Å²) in [5.74, 6) is -0.201. The van der Waals surface area contributed by atoms with E-state index in [9.17, 15) is 13.2 Å². The molecule has 0 radical (unpaired) electrons. The fourth-order valence-corrected chi connectivity index (χ4v) is 4.63. The zero-order valence-corrected chi connectivity index (χ0v) is 12.0. The van der Waals surface area contributed by atoms with Gasteiger partial charge in [-0.15, -0.1) is 0 Å². The van der Waals surface area contributed by atoms with E-state index in [2.05, 4.69) is 6.92 Å². The first-order chi connectivity index (χ1) is 8.99. The van der Waals surface area contributed by atoms with Crippen molar-refractivity contribution in [2.45, 2.75) is 37.9 Å². The molecular formula is C15H20O3S. The van der Waals surface area contributed by atoms with E-state index >= 15 is 0 Å². The Morgan fingerprint density at radius 2 is 1.89 bits per heavy atom. The first-order valence-corrected chi connectivity index (χ1v) is 8.50. The summed E-state index contributed by atoms with van der Waals surface area (Å²) in [5, 5.41) is -0.330. The van der Waals surface area contributed by atoms with Gasteiger partial charge >= 0.3 is 0 Å². The van der Waals surface area contributed by atoms with E-state index in [1.807, 2.05) is 6.07 Å². The number of carbonyl (C=O) groups excluding carboxylic acids is 1. The standard InChI is InChI=1S/C15H20O3S/c1-12-6-5-9-14(10-12)19(17,18)11-15(16)13-7-3-2-4-8-13/h2-4,7-8,12,14H,5-6,9-11H2,1H3. The highest BCUT2D eigenvalue weighted by molar-refractivity contribution is 7.92. The van der Waals surface area contributed by atoms with Gasteiger partial charge in [0.05, 0.1) is 5.25 Å². The summed E-state index contributed by atoms with van der Waals surface area (Å²) < 4.78 is 24.6. The Morgan fingerprint density at radius 1 is 1.21 bits per heavy atom. The van der Waals surface area contributed by atoms with Crippen molar-refractivity contribution in [1.82, 2.24) is 0 Å². The molecule has 1 saturated carbocycles. The maximum absolute atomic E-state index is 12.3. The highest BCUT2D eigenvalue weighted by Gasteiger charge is 2.31. The second-order valence-electron chi connectivity index (χ2n) is 5.49. The fraction of sp³-hybridized carbons (Fsp3) is 0.533. The molecule has 1 fully saturated rings. The molecule has 3 nitrogen and oxygen atoms in total. The van der Waals surface area contributed by atoms with Crippen LogP contribution in [-0.2, 0) is 9.84 Å². The number of rotatable bonds is 4. The van der Waals surface area contributed by atoms with Crippen molar-refractivity contribution in [3.8, 4) is 0 Å². The van der Waals surface area contributed by atoms with Crippen LogP contribution in [0.15, 0.2) is 30.3 Å². The minimum Gasteiger partial charge on any atom is -0.293 e. The molecular weight excluding hydrogens is 260 g/mol. The SMILES string of the molecule is CC1CCCC(S(=O)(=O)CC(=O)c2ccccc2)C1. The molecule has 19 heavy (non-hydrogen) atoms. The third-order valence-corrected chi connectivity index (χ3v) is 5.93. The van der Waals surface area contributed by atoms with E-state index in [1.165, 1.54) is 0 Å². The van der Waals surface area contributed by atoms with Crippen LogP contribution in [0.3, 0.4) is 0 Å². The molecule has 0 N–H and O–H groups in total. The highest BCUT2D eigenvalue weighted by atomic mass is 32.2. The lowest BCUT2D eigenvalue weighted by Gasteiger charge is -2.26. The van der Waals surface area contributed by atoms with Gasteiger partial charge < -0.3 is 0 Å². The Labute approximate surface area is 114 Å². The smallest absolute Gasteiger partial charge is 0.177 e. The summed E-state index contributed by atoms with van der Waals surface area (Å²) in [5.41, 5.74) is 0.481. The molecule has 1 aromatic carbocycles. The number of hydrogen-bond donors (Lipinski definition) is 0. The minimum atomic E-state index is -3.31. The third-order valence-electron chi connectivity index (χ3n) is 3.82. The van der Waals surface area contributed by atoms with E-state index in [4.69, 9.17) is 0 Å². The molecule has 1 aliphatic carbocycles. The number of benzene rings is 1. The summed E-state index contributed by atoms with van der Waals surface area (Å²) >= 11 is 0. The summed E-state index contributed by atoms with van der Waals surface area (Å²) in [7, 11) is -3.31. The Hall–Kier alpha value is -1.16. The highest BCUT2D eigenvalue weighted by Crippen LogP contribution is 2.28. The molecule has 1 aliphatic rings. The minimum absolute atomic E-state index is 0.293. The Bertz CT molecular complexity index is 534. The third kappa shape index (κ3) is 3.66. The van der Waals surface area contributed by atoms with Crippen LogP contribution in [-0.4, -0.2) is 25.2 Å². The van der Waals surface area contributed by atoms with Gasteiger partial charge in [-0.2, -0.15) is 0 Å². The number of carbonyl (C=O) groups is 1. The normalized spacial score (nSPS) is 24.1. The van der Waals surface area contributed by atoms with Crippen LogP contribution < -0.4 is 0 Å². The van der Waals surface area contributed by atoms with Gasteiger partial charge in [0.25, 0.3) is 0 Å². The van der Waals surface area contributed by atoms with Crippen molar-refractivity contribution < 1.29 is 13.2 Å². The molecule has 0 aromatic heterocycles. The predicted molar refractivity (Wildman–Crippen MR) is 76.0 cm³/mol. The maximum Gasteiger partial charge on any atom is 0.177 e. The molecule has 4 heteroatoms. The number of ketones is 1. The predicted octanol–water partition coefficient (Wildman–Crippen LogP) is 2.86. The average Bonchev–Trinajstić information content (AvgIpc) is 2.39. The van der Waals surface area contributed by atoms with Crippen molar-refractivity contribution in [1.29, 1.82) is 0 Å². The van der Waals surface area contributed by atoms with Crippen molar-refractivity contribution in [2.24, 2.45) is 5.92 Å². The second-order valence-corrected chi connectivity index (χ2v) is 7.77. The molecule has 104 valence electrons. The molecule has 2 atom stereocenters. The van der Waals surface area contributed by atoms with Crippen molar-refractivity contribution >= 4 is 15.6 Å². The van der Waals surface area contributed by atoms with Crippen LogP contribution in [0.25, 0.3) is 0 Å². The summed E-state index contributed by atoms with van der Waals surface area (Å²) in [6.07, 6.45) is 3.45. The van der Waals surface area contributed by atoms with E-state index in [1.54, 1.807) is 24.3 Å². The molecule has 0 bridgehead atoms. The quantitative estimate of drug-likeness (QED) is 0.797. The van der Waals surface area contributed by atoms with Crippen molar-refractivity contribution in [3.63, 3.8) is 0 Å². The lowest BCUT2D eigenvalue weighted by molar-refractivity contribution is 0.102. The first kappa shape index (κ1) is 14.3. The Balaban J connectivity index is 2.07. The van der Waals surface area contributed by atoms with E-state index < -0.39 is 9.84 Å². The van der Waals surface area contributed by atoms with Crippen LogP contribution >= 0.6 is 0 Å². The molecule has 0 aliphatic heterocycles. The lowest BCUT2D eigenvalue weighted by atomic mass is 9.91. The van der Waals surface area contributed by atoms with Crippen LogP contribution in [0, 0.1) is 5.92 Å². The van der Waals surface area contributed by atoms with Gasteiger partial charge in [-0.25, -0.2) is 8.42 Å². The lowest BCUT2D eigenvalue weighted by Crippen LogP contribution is -2.32. The van der Waals surface area contributed by atoms with Crippen LogP contribution in [0.1, 0.15) is 43.0 Å². The van der Waals surface area contributed by atoms with Crippen molar-refractivity contribution in [3.05, 3.63) is 35.9 Å². The second kappa shape index (κ2) is 5.87. The summed E-state index contributed by atoms with van der Waals surface area (Å²) in [6, 6.07) is 8.65. The van der Waals surface area contributed by atoms with Gasteiger partial charge in [0.15, 0.2) is 15.6 Å². The molecule has 0 saturated heterocycles. The number of sulfone groups is 1. The number of hydrogen-bond acceptors (Lipinski definition) is 3. The fourth-order valence-electron chi connectivity index (χ4n) is 2.71.